The van der Waals surface area contributed by atoms with Gasteiger partial charge in [0.2, 0.25) is 17.7 Å². The van der Waals surface area contributed by atoms with Crippen LogP contribution in [-0.2, 0) is 14.4 Å². The summed E-state index contributed by atoms with van der Waals surface area (Å²) in [6.07, 6.45) is 6.21. The van der Waals surface area contributed by atoms with Crippen LogP contribution in [-0.4, -0.2) is 175 Å². The van der Waals surface area contributed by atoms with Crippen LogP contribution in [0.3, 0.4) is 0 Å². The molecule has 3 amide bonds. The molecular weight excluding hydrogens is 1520 g/mol. The van der Waals surface area contributed by atoms with Crippen molar-refractivity contribution in [3.63, 3.8) is 0 Å². The first kappa shape index (κ1) is 127. The van der Waals surface area contributed by atoms with E-state index in [0.29, 0.717) is 113 Å². The van der Waals surface area contributed by atoms with Gasteiger partial charge in [0.1, 0.15) is 24.4 Å². The zero-order valence-corrected chi connectivity index (χ0v) is 83.5. The number of H-pyrrole nitrogens is 5. The molecule has 0 bridgehead atoms. The number of aliphatic hydroxyl groups is 3. The van der Waals surface area contributed by atoms with Crippen LogP contribution in [0, 0.1) is 65.1 Å². The number of aliphatic imine (C=N–C) groups is 2. The molecule has 120 heavy (non-hydrogen) atoms. The third-order valence-corrected chi connectivity index (χ3v) is 15.1. The lowest BCUT2D eigenvalue weighted by molar-refractivity contribution is -0.124. The summed E-state index contributed by atoms with van der Waals surface area (Å²) in [6.45, 7) is 89.7. The number of tetrazole rings is 3. The number of allylic oxidation sites excluding steroid dienone is 2. The minimum atomic E-state index is -0.356. The van der Waals surface area contributed by atoms with Crippen LogP contribution >= 0.6 is 0 Å². The second kappa shape index (κ2) is 74.5. The number of imidazole rings is 2. The highest BCUT2D eigenvalue weighted by Gasteiger charge is 2.14. The topological polar surface area (TPSA) is 523 Å². The lowest BCUT2D eigenvalue weighted by atomic mass is 9.98. The molecule has 1 aliphatic rings. The fourth-order valence-corrected chi connectivity index (χ4v) is 6.81. The predicted octanol–water partition coefficient (Wildman–Crippen LogP) is 17.7. The average molecular weight is 1700 g/mol. The number of hydrogen-bond acceptors (Lipinski definition) is 23. The number of hydrogen-bond donors (Lipinski definition) is 14. The number of aliphatic hydroxyl groups excluding tert-OH is 3. The highest BCUT2D eigenvalue weighted by Crippen LogP contribution is 2.18. The zero-order chi connectivity index (χ0) is 95.7. The van der Waals surface area contributed by atoms with E-state index in [1.54, 1.807) is 27.7 Å². The van der Waals surface area contributed by atoms with Crippen LogP contribution in [0.4, 0.5) is 0 Å². The second-order valence-electron chi connectivity index (χ2n) is 36.0. The van der Waals surface area contributed by atoms with E-state index in [0.717, 1.165) is 52.9 Å². The molecule has 0 aromatic carbocycles. The van der Waals surface area contributed by atoms with Crippen molar-refractivity contribution in [2.45, 2.75) is 389 Å². The number of carbonyl (C=O) groups excluding carboxylic acids is 3. The Balaban J connectivity index is -0.000000188. The first-order valence-electron chi connectivity index (χ1n) is 43.3. The average Bonchev–Trinajstić information content (AvgIpc) is 1.75. The molecule has 33 nitrogen and oxygen atoms in total. The molecule has 700 valence electrons. The number of amidine groups is 2. The number of aromatic amines is 5. The van der Waals surface area contributed by atoms with Crippen LogP contribution < -0.4 is 33.6 Å². The number of rotatable bonds is 24. The molecule has 6 heterocycles. The van der Waals surface area contributed by atoms with Crippen molar-refractivity contribution < 1.29 is 29.7 Å². The van der Waals surface area contributed by atoms with Gasteiger partial charge in [-0.15, -0.1) is 35.7 Å². The minimum absolute atomic E-state index is 0.00926. The maximum Gasteiger partial charge on any atom is 0.222 e. The summed E-state index contributed by atoms with van der Waals surface area (Å²) in [5.41, 5.74) is 24.3. The zero-order valence-electron chi connectivity index (χ0n) is 83.5. The molecule has 33 heteroatoms. The summed E-state index contributed by atoms with van der Waals surface area (Å²) in [6, 6.07) is 1.28. The van der Waals surface area contributed by atoms with E-state index in [-0.39, 0.29) is 59.8 Å². The predicted molar refractivity (Wildman–Crippen MR) is 500 cm³/mol. The van der Waals surface area contributed by atoms with E-state index >= 15 is 0 Å². The molecular formula is C87H181N27O6. The number of carbonyl (C=O) groups is 3. The summed E-state index contributed by atoms with van der Waals surface area (Å²) in [5, 5.41) is 84.4. The Labute approximate surface area is 727 Å². The molecule has 0 spiro atoms. The van der Waals surface area contributed by atoms with Crippen molar-refractivity contribution in [2.75, 3.05) is 6.54 Å². The van der Waals surface area contributed by atoms with E-state index < -0.39 is 0 Å². The molecule has 0 saturated carbocycles. The van der Waals surface area contributed by atoms with Gasteiger partial charge in [-0.2, -0.15) is 20.8 Å². The number of amides is 3. The van der Waals surface area contributed by atoms with Gasteiger partial charge in [-0.05, 0) is 115 Å². The van der Waals surface area contributed by atoms with Crippen LogP contribution in [0.15, 0.2) is 49.7 Å². The minimum Gasteiger partial charge on any atom is -0.512 e. The van der Waals surface area contributed by atoms with Gasteiger partial charge in [0.05, 0.1) is 29.2 Å². The standard InChI is InChI=1S/2C9H16N2.C8H18O.C8H16O.2C7H16N2.C7H17NO.C7H15NO.C5H9N3.3C4H8N4.2C4H9NO/c2*1-6(2)8-5-10-9(11-8)7(3)4;2*1-6(2)5-8(9)7(3)4;2*1-5(2)7(8)9-6(3)4;2*1-5(2)7(9)8-6(3)4;1-4(2)5-3-6-8-7-5;3*1-3(2)4-5-7-8-6-4;2*1-3(2)4(5)6/h2*5-7H,1-4H3,(H,10,11);6-9H,5H2,1-4H3;5-7,9H,1-4H3;2*5-6H,1-4H3,(H2,8,9);5-9H,1-4H3;5-6H,1-4H3,(H,8,9);4H,3H2,1-2H3;3*3H,1-2H3,(H,5,6,7,8);2*3H,1-2H3,(H2,5,6)/b;;;8-5-;;;;;;;;;;. The first-order chi connectivity index (χ1) is 54.9. The number of primary amides is 2. The Kier molecular flexibility index (Phi) is 79.0. The molecule has 5 aromatic rings. The van der Waals surface area contributed by atoms with Crippen LogP contribution in [0.2, 0.25) is 0 Å². The summed E-state index contributed by atoms with van der Waals surface area (Å²) < 4.78 is 0. The van der Waals surface area contributed by atoms with Gasteiger partial charge in [-0.1, -0.05) is 265 Å². The van der Waals surface area contributed by atoms with Crippen molar-refractivity contribution in [1.29, 1.82) is 0 Å². The summed E-state index contributed by atoms with van der Waals surface area (Å²) >= 11 is 0. The van der Waals surface area contributed by atoms with Gasteiger partial charge in [0, 0.05) is 113 Å². The highest BCUT2D eigenvalue weighted by molar-refractivity contribution is 5.88. The normalized spacial score (nSPS) is 12.3. The smallest absolute Gasteiger partial charge is 0.222 e. The van der Waals surface area contributed by atoms with E-state index in [4.69, 9.17) is 28.0 Å². The molecule has 18 N–H and O–H groups in total. The Morgan fingerprint density at radius 1 is 0.442 bits per heavy atom. The molecule has 6 rings (SSSR count). The lowest BCUT2D eigenvalue weighted by Crippen LogP contribution is -2.38. The molecule has 2 unspecified atom stereocenters. The Morgan fingerprint density at radius 2 is 0.775 bits per heavy atom. The van der Waals surface area contributed by atoms with Crippen LogP contribution in [0.25, 0.3) is 0 Å². The Bertz CT molecular complexity index is 3020. The van der Waals surface area contributed by atoms with E-state index in [1.807, 2.05) is 198 Å². The molecule has 0 radical (unpaired) electrons. The largest absolute Gasteiger partial charge is 0.512 e. The first-order valence-corrected chi connectivity index (χ1v) is 43.3. The van der Waals surface area contributed by atoms with Gasteiger partial charge in [-0.25, -0.2) is 9.97 Å². The summed E-state index contributed by atoms with van der Waals surface area (Å²) in [5.74, 6) is 12.8. The molecule has 1 aliphatic heterocycles. The monoisotopic (exact) mass is 1700 g/mol. The van der Waals surface area contributed by atoms with Gasteiger partial charge in [0.25, 0.3) is 0 Å². The summed E-state index contributed by atoms with van der Waals surface area (Å²) in [7, 11) is 0. The highest BCUT2D eigenvalue weighted by atomic mass is 16.3. The fourth-order valence-electron chi connectivity index (χ4n) is 6.81. The van der Waals surface area contributed by atoms with Gasteiger partial charge < -0.3 is 53.5 Å². The van der Waals surface area contributed by atoms with Gasteiger partial charge in [-0.3, -0.25) is 29.7 Å². The van der Waals surface area contributed by atoms with Crippen molar-refractivity contribution in [1.82, 2.24) is 92.4 Å². The Hall–Kier alpha value is -8.33. The Morgan fingerprint density at radius 3 is 0.875 bits per heavy atom. The maximum absolute atomic E-state index is 10.8. The molecule has 2 atom stereocenters. The van der Waals surface area contributed by atoms with E-state index in [9.17, 15) is 24.6 Å². The molecule has 0 saturated heterocycles. The fraction of sp³-hybridized carbons (Fsp3) is 0.805. The van der Waals surface area contributed by atoms with Gasteiger partial charge >= 0.3 is 0 Å². The third-order valence-electron chi connectivity index (χ3n) is 15.1. The molecule has 0 fully saturated rings. The molecule has 0 aliphatic carbocycles. The van der Waals surface area contributed by atoms with E-state index in [1.165, 1.54) is 11.4 Å². The molecule has 5 aromatic heterocycles. The third kappa shape index (κ3) is 82.0. The van der Waals surface area contributed by atoms with Crippen molar-refractivity contribution in [2.24, 2.45) is 113 Å². The van der Waals surface area contributed by atoms with E-state index in [2.05, 4.69) is 215 Å². The van der Waals surface area contributed by atoms with Gasteiger partial charge in [0.15, 0.2) is 17.5 Å². The maximum atomic E-state index is 10.8. The SMILES string of the molecule is CC(C)/C=C(\O)C(C)C.CC(C)C(N)=O.CC(C)C(N)=O.CC(C)C1=NN=NC1.CC(C)CC(O)C(C)C.CC(C)N=C(N)C(C)C.CC(C)N=C(N)C(C)C.CC(C)NC(=O)C(C)C.CC(C)NC(O)C(C)C.CC(C)c1cnc(C(C)C)[nH]1.CC(C)c1cnc(C(C)C)[nH]1.CC(C)c1nn[nH]n1.CC(C)c1nn[nH]n1.CC(C)c1nn[nH]n1. The van der Waals surface area contributed by atoms with Crippen LogP contribution in [0.1, 0.15) is 393 Å². The number of nitrogens with two attached hydrogens (primary N) is 4. The number of nitrogens with zero attached hydrogens (tertiary/aromatic N) is 16. The second-order valence-corrected chi connectivity index (χ2v) is 36.0. The number of aromatic nitrogens is 16. The van der Waals surface area contributed by atoms with Crippen LogP contribution in [0.5, 0.6) is 0 Å². The summed E-state index contributed by atoms with van der Waals surface area (Å²) in [4.78, 5) is 54.2. The van der Waals surface area contributed by atoms with Crippen molar-refractivity contribution in [3.05, 3.63) is 64.7 Å². The number of nitrogens with one attached hydrogen (secondary N) is 7. The lowest BCUT2D eigenvalue weighted by Gasteiger charge is -2.18. The van der Waals surface area contributed by atoms with Crippen molar-refractivity contribution in [3.8, 4) is 0 Å². The van der Waals surface area contributed by atoms with Crippen molar-refractivity contribution >= 4 is 35.1 Å². The quantitative estimate of drug-likeness (QED) is 0.0118.